The number of hydrogen-bond acceptors (Lipinski definition) is 2. The molecule has 0 saturated carbocycles. The lowest BCUT2D eigenvalue weighted by Gasteiger charge is -2.16. The van der Waals surface area contributed by atoms with Crippen molar-refractivity contribution in [3.05, 3.63) is 0 Å². The quantitative estimate of drug-likeness (QED) is 0.636. The summed E-state index contributed by atoms with van der Waals surface area (Å²) in [6.45, 7) is 9.97. The number of rotatable bonds is 5. The average molecular weight is 198 g/mol. The SMILES string of the molecule is CC(C)C(=O)CC(=O)CCC(C)(C)C. The molecule has 0 atom stereocenters. The van der Waals surface area contributed by atoms with E-state index >= 15 is 0 Å². The van der Waals surface area contributed by atoms with Crippen LogP contribution >= 0.6 is 0 Å². The van der Waals surface area contributed by atoms with Gasteiger partial charge in [0.2, 0.25) is 0 Å². The third-order valence-corrected chi connectivity index (χ3v) is 2.17. The first kappa shape index (κ1) is 13.3. The summed E-state index contributed by atoms with van der Waals surface area (Å²) < 4.78 is 0. The maximum atomic E-state index is 11.4. The highest BCUT2D eigenvalue weighted by atomic mass is 16.1. The number of carbonyl (C=O) groups excluding carboxylic acids is 2. The van der Waals surface area contributed by atoms with Crippen molar-refractivity contribution in [1.82, 2.24) is 0 Å². The van der Waals surface area contributed by atoms with Crippen molar-refractivity contribution in [2.75, 3.05) is 0 Å². The van der Waals surface area contributed by atoms with Gasteiger partial charge in [-0.2, -0.15) is 0 Å². The molecule has 82 valence electrons. The Balaban J connectivity index is 3.83. The predicted octanol–water partition coefficient (Wildman–Crippen LogP) is 3.00. The highest BCUT2D eigenvalue weighted by molar-refractivity contribution is 5.99. The van der Waals surface area contributed by atoms with E-state index in [0.29, 0.717) is 6.42 Å². The summed E-state index contributed by atoms with van der Waals surface area (Å²) in [6, 6.07) is 0. The van der Waals surface area contributed by atoms with Gasteiger partial charge >= 0.3 is 0 Å². The Morgan fingerprint density at radius 2 is 1.64 bits per heavy atom. The molecule has 0 aromatic heterocycles. The van der Waals surface area contributed by atoms with Crippen molar-refractivity contribution in [3.63, 3.8) is 0 Å². The molecule has 2 nitrogen and oxygen atoms in total. The third kappa shape index (κ3) is 6.81. The van der Waals surface area contributed by atoms with Gasteiger partial charge in [-0.3, -0.25) is 9.59 Å². The molecule has 14 heavy (non-hydrogen) atoms. The minimum absolute atomic E-state index is 0.0198. The lowest BCUT2D eigenvalue weighted by atomic mass is 9.88. The second-order valence-corrected chi connectivity index (χ2v) is 5.40. The molecule has 0 radical (unpaired) electrons. The normalized spacial score (nSPS) is 11.9. The van der Waals surface area contributed by atoms with Crippen LogP contribution in [0.2, 0.25) is 0 Å². The highest BCUT2D eigenvalue weighted by Gasteiger charge is 2.16. The van der Waals surface area contributed by atoms with Crippen LogP contribution in [0.3, 0.4) is 0 Å². The van der Waals surface area contributed by atoms with Crippen LogP contribution in [0, 0.1) is 11.3 Å². The average Bonchev–Trinajstić information content (AvgIpc) is 1.99. The molecule has 0 unspecified atom stereocenters. The Morgan fingerprint density at radius 1 is 1.14 bits per heavy atom. The number of ketones is 2. The first-order valence-electron chi connectivity index (χ1n) is 5.27. The van der Waals surface area contributed by atoms with E-state index in [2.05, 4.69) is 20.8 Å². The van der Waals surface area contributed by atoms with Crippen LogP contribution in [0.1, 0.15) is 53.9 Å². The van der Waals surface area contributed by atoms with E-state index in [9.17, 15) is 9.59 Å². The van der Waals surface area contributed by atoms with Gasteiger partial charge in [0.05, 0.1) is 6.42 Å². The fraction of sp³-hybridized carbons (Fsp3) is 0.833. The van der Waals surface area contributed by atoms with E-state index in [0.717, 1.165) is 6.42 Å². The molecule has 0 fully saturated rings. The molecule has 0 amide bonds. The molecule has 0 N–H and O–H groups in total. The lowest BCUT2D eigenvalue weighted by molar-refractivity contribution is -0.128. The minimum atomic E-state index is -0.0198. The molecule has 2 heteroatoms. The standard InChI is InChI=1S/C12H22O2/c1-9(2)11(14)8-10(13)6-7-12(3,4)5/h9H,6-8H2,1-5H3. The second kappa shape index (κ2) is 5.28. The van der Waals surface area contributed by atoms with Crippen molar-refractivity contribution in [3.8, 4) is 0 Å². The van der Waals surface area contributed by atoms with Gasteiger partial charge in [-0.1, -0.05) is 34.6 Å². The Kier molecular flexibility index (Phi) is 5.03. The summed E-state index contributed by atoms with van der Waals surface area (Å²) >= 11 is 0. The van der Waals surface area contributed by atoms with Crippen molar-refractivity contribution in [2.45, 2.75) is 53.9 Å². The van der Waals surface area contributed by atoms with Crippen LogP contribution in [0.15, 0.2) is 0 Å². The zero-order valence-electron chi connectivity index (χ0n) is 10.0. The van der Waals surface area contributed by atoms with Crippen molar-refractivity contribution in [2.24, 2.45) is 11.3 Å². The first-order chi connectivity index (χ1) is 6.22. The van der Waals surface area contributed by atoms with Crippen LogP contribution in [0.5, 0.6) is 0 Å². The molecule has 0 aromatic carbocycles. The van der Waals surface area contributed by atoms with Gasteiger partial charge in [-0.05, 0) is 11.8 Å². The summed E-state index contributed by atoms with van der Waals surface area (Å²) in [6.07, 6.45) is 1.51. The van der Waals surface area contributed by atoms with E-state index in [1.165, 1.54) is 0 Å². The molecule has 0 aliphatic carbocycles. The summed E-state index contributed by atoms with van der Waals surface area (Å²) in [5, 5.41) is 0. The topological polar surface area (TPSA) is 34.1 Å². The minimum Gasteiger partial charge on any atom is -0.299 e. The lowest BCUT2D eigenvalue weighted by Crippen LogP contribution is -2.15. The Labute approximate surface area is 87.1 Å². The van der Waals surface area contributed by atoms with Gasteiger partial charge in [-0.25, -0.2) is 0 Å². The fourth-order valence-electron chi connectivity index (χ4n) is 1.00. The van der Waals surface area contributed by atoms with Crippen molar-refractivity contribution >= 4 is 11.6 Å². The Bertz CT molecular complexity index is 209. The molecular formula is C12H22O2. The maximum absolute atomic E-state index is 11.4. The molecule has 0 rings (SSSR count). The number of carbonyl (C=O) groups is 2. The molecule has 0 aliphatic heterocycles. The molecule has 0 spiro atoms. The Morgan fingerprint density at radius 3 is 2.00 bits per heavy atom. The number of hydrogen-bond donors (Lipinski definition) is 0. The monoisotopic (exact) mass is 198 g/mol. The van der Waals surface area contributed by atoms with Crippen LogP contribution in [-0.4, -0.2) is 11.6 Å². The van der Waals surface area contributed by atoms with Crippen molar-refractivity contribution in [1.29, 1.82) is 0 Å². The summed E-state index contributed by atoms with van der Waals surface area (Å²) in [4.78, 5) is 22.6. The van der Waals surface area contributed by atoms with Gasteiger partial charge in [-0.15, -0.1) is 0 Å². The van der Waals surface area contributed by atoms with Gasteiger partial charge in [0, 0.05) is 12.3 Å². The summed E-state index contributed by atoms with van der Waals surface area (Å²) in [5.41, 5.74) is 0.177. The Hall–Kier alpha value is -0.660. The van der Waals surface area contributed by atoms with E-state index in [4.69, 9.17) is 0 Å². The zero-order chi connectivity index (χ0) is 11.4. The van der Waals surface area contributed by atoms with Gasteiger partial charge in [0.1, 0.15) is 11.6 Å². The molecule has 0 aromatic rings. The van der Waals surface area contributed by atoms with Crippen LogP contribution in [0.4, 0.5) is 0 Å². The smallest absolute Gasteiger partial charge is 0.142 e. The molecule has 0 saturated heterocycles. The van der Waals surface area contributed by atoms with Crippen LogP contribution in [0.25, 0.3) is 0 Å². The van der Waals surface area contributed by atoms with Crippen molar-refractivity contribution < 1.29 is 9.59 Å². The van der Waals surface area contributed by atoms with E-state index < -0.39 is 0 Å². The van der Waals surface area contributed by atoms with E-state index in [1.54, 1.807) is 0 Å². The third-order valence-electron chi connectivity index (χ3n) is 2.17. The highest BCUT2D eigenvalue weighted by Crippen LogP contribution is 2.21. The predicted molar refractivity (Wildman–Crippen MR) is 58.2 cm³/mol. The summed E-state index contributed by atoms with van der Waals surface area (Å²) in [7, 11) is 0. The first-order valence-corrected chi connectivity index (χ1v) is 5.27. The molecule has 0 heterocycles. The molecule has 0 bridgehead atoms. The zero-order valence-corrected chi connectivity index (χ0v) is 10.0. The van der Waals surface area contributed by atoms with E-state index in [-0.39, 0.29) is 29.3 Å². The maximum Gasteiger partial charge on any atom is 0.142 e. The van der Waals surface area contributed by atoms with E-state index in [1.807, 2.05) is 13.8 Å². The van der Waals surface area contributed by atoms with Crippen LogP contribution in [-0.2, 0) is 9.59 Å². The second-order valence-electron chi connectivity index (χ2n) is 5.40. The fourth-order valence-corrected chi connectivity index (χ4v) is 1.00. The molecular weight excluding hydrogens is 176 g/mol. The number of Topliss-reactive ketones (excluding diaryl/α,β-unsaturated/α-hetero) is 2. The molecule has 0 aliphatic rings. The van der Waals surface area contributed by atoms with Gasteiger partial charge in [0.15, 0.2) is 0 Å². The largest absolute Gasteiger partial charge is 0.299 e. The van der Waals surface area contributed by atoms with Gasteiger partial charge in [0.25, 0.3) is 0 Å². The van der Waals surface area contributed by atoms with Gasteiger partial charge < -0.3 is 0 Å². The van der Waals surface area contributed by atoms with Crippen LogP contribution < -0.4 is 0 Å². The summed E-state index contributed by atoms with van der Waals surface area (Å²) in [5.74, 6) is 0.121.